The first-order valence-electron chi connectivity index (χ1n) is 11.2. The third-order valence-corrected chi connectivity index (χ3v) is 6.75. The molecule has 0 aliphatic carbocycles. The summed E-state index contributed by atoms with van der Waals surface area (Å²) in [6.07, 6.45) is 0.974. The summed E-state index contributed by atoms with van der Waals surface area (Å²) in [7, 11) is 1.66. The van der Waals surface area contributed by atoms with Crippen LogP contribution >= 0.6 is 11.6 Å². The van der Waals surface area contributed by atoms with Gasteiger partial charge in [-0.25, -0.2) is 4.79 Å². The molecule has 0 saturated heterocycles. The van der Waals surface area contributed by atoms with Crippen LogP contribution in [-0.2, 0) is 26.6 Å². The molecule has 170 valence electrons. The quantitative estimate of drug-likeness (QED) is 0.459. The molecule has 1 atom stereocenters. The predicted molar refractivity (Wildman–Crippen MR) is 132 cm³/mol. The van der Waals surface area contributed by atoms with Crippen molar-refractivity contribution in [2.24, 2.45) is 13.0 Å². The Morgan fingerprint density at radius 3 is 2.48 bits per heavy atom. The highest BCUT2D eigenvalue weighted by Crippen LogP contribution is 2.33. The third kappa shape index (κ3) is 3.56. The van der Waals surface area contributed by atoms with Gasteiger partial charge in [0.05, 0.1) is 6.54 Å². The van der Waals surface area contributed by atoms with Gasteiger partial charge in [0, 0.05) is 30.8 Å². The van der Waals surface area contributed by atoms with Crippen LogP contribution in [0.3, 0.4) is 0 Å². The average Bonchev–Trinajstić information content (AvgIpc) is 3.20. The smallest absolute Gasteiger partial charge is 0.312 e. The number of fused-ring (bicyclic) bond motifs is 3. The number of rotatable bonds is 4. The number of benzene rings is 2. The highest BCUT2D eigenvalue weighted by Gasteiger charge is 2.30. The lowest BCUT2D eigenvalue weighted by atomic mass is 10.1. The number of aromatic nitrogens is 4. The van der Waals surface area contributed by atoms with Crippen LogP contribution in [0.15, 0.2) is 58.1 Å². The minimum absolute atomic E-state index is 0.110. The molecule has 4 aromatic rings. The van der Waals surface area contributed by atoms with E-state index in [2.05, 4.69) is 43.0 Å². The van der Waals surface area contributed by atoms with Crippen molar-refractivity contribution in [2.45, 2.75) is 33.4 Å². The zero-order valence-electron chi connectivity index (χ0n) is 19.0. The van der Waals surface area contributed by atoms with E-state index in [-0.39, 0.29) is 12.1 Å². The maximum Gasteiger partial charge on any atom is 0.332 e. The van der Waals surface area contributed by atoms with Gasteiger partial charge in [0.2, 0.25) is 5.95 Å². The van der Waals surface area contributed by atoms with Crippen molar-refractivity contribution in [2.75, 3.05) is 11.4 Å². The molecule has 7 nitrogen and oxygen atoms in total. The first-order chi connectivity index (χ1) is 15.9. The largest absolute Gasteiger partial charge is 0.332 e. The lowest BCUT2D eigenvalue weighted by molar-refractivity contribution is 0.458. The summed E-state index contributed by atoms with van der Waals surface area (Å²) in [6.45, 7) is 5.85. The molecule has 33 heavy (non-hydrogen) atoms. The molecule has 8 heteroatoms. The minimum Gasteiger partial charge on any atom is -0.312 e. The minimum atomic E-state index is -0.408. The van der Waals surface area contributed by atoms with Gasteiger partial charge in [-0.15, -0.1) is 0 Å². The molecule has 0 saturated carbocycles. The van der Waals surface area contributed by atoms with Crippen molar-refractivity contribution in [1.29, 1.82) is 0 Å². The Morgan fingerprint density at radius 2 is 1.79 bits per heavy atom. The molecule has 0 fully saturated rings. The Balaban J connectivity index is 1.70. The molecular formula is C25H26ClN5O2. The topological polar surface area (TPSA) is 65.1 Å². The molecule has 1 aliphatic heterocycles. The summed E-state index contributed by atoms with van der Waals surface area (Å²) in [5.41, 5.74) is 3.11. The van der Waals surface area contributed by atoms with E-state index in [4.69, 9.17) is 16.6 Å². The lowest BCUT2D eigenvalue weighted by Gasteiger charge is -2.33. The maximum absolute atomic E-state index is 13.6. The summed E-state index contributed by atoms with van der Waals surface area (Å²) in [6, 6.07) is 15.7. The van der Waals surface area contributed by atoms with Crippen LogP contribution in [0.25, 0.3) is 11.2 Å². The van der Waals surface area contributed by atoms with Gasteiger partial charge in [-0.1, -0.05) is 55.8 Å². The first kappa shape index (κ1) is 21.5. The Labute approximate surface area is 196 Å². The summed E-state index contributed by atoms with van der Waals surface area (Å²) in [4.78, 5) is 33.7. The molecule has 0 amide bonds. The van der Waals surface area contributed by atoms with Crippen LogP contribution in [0.2, 0.25) is 5.02 Å². The summed E-state index contributed by atoms with van der Waals surface area (Å²) >= 11 is 6.31. The lowest BCUT2D eigenvalue weighted by Crippen LogP contribution is -2.40. The van der Waals surface area contributed by atoms with Gasteiger partial charge in [-0.3, -0.25) is 13.9 Å². The number of anilines is 2. The van der Waals surface area contributed by atoms with E-state index < -0.39 is 5.69 Å². The summed E-state index contributed by atoms with van der Waals surface area (Å²) in [5, 5.41) is 0.525. The molecule has 0 bridgehead atoms. The van der Waals surface area contributed by atoms with Crippen LogP contribution < -0.4 is 16.1 Å². The standard InChI is InChI=1S/C25H26ClN5O2/c1-4-17-9-11-19(12-10-17)29-13-16(2)14-30-21-22(27-24(29)30)28(3)25(33)31(23(21)32)15-18-7-5-6-8-20(18)26/h5-12,16H,4,13-15H2,1-3H3. The number of imidazole rings is 1. The maximum atomic E-state index is 13.6. The molecule has 0 radical (unpaired) electrons. The monoisotopic (exact) mass is 463 g/mol. The van der Waals surface area contributed by atoms with E-state index in [9.17, 15) is 9.59 Å². The fourth-order valence-electron chi connectivity index (χ4n) is 4.57. The van der Waals surface area contributed by atoms with Crippen LogP contribution in [0.4, 0.5) is 11.6 Å². The molecule has 2 aromatic carbocycles. The van der Waals surface area contributed by atoms with E-state index in [1.807, 2.05) is 22.8 Å². The molecule has 2 aromatic heterocycles. The first-order valence-corrected chi connectivity index (χ1v) is 11.6. The van der Waals surface area contributed by atoms with Crippen molar-refractivity contribution in [3.63, 3.8) is 0 Å². The number of hydrogen-bond acceptors (Lipinski definition) is 4. The van der Waals surface area contributed by atoms with E-state index in [1.54, 1.807) is 13.1 Å². The van der Waals surface area contributed by atoms with Gasteiger partial charge in [0.1, 0.15) is 0 Å². The van der Waals surface area contributed by atoms with Gasteiger partial charge in [-0.05, 0) is 41.7 Å². The van der Waals surface area contributed by atoms with Gasteiger partial charge < -0.3 is 9.47 Å². The fourth-order valence-corrected chi connectivity index (χ4v) is 4.77. The average molecular weight is 464 g/mol. The van der Waals surface area contributed by atoms with Crippen LogP contribution in [-0.4, -0.2) is 25.2 Å². The van der Waals surface area contributed by atoms with Crippen LogP contribution in [0.1, 0.15) is 25.0 Å². The Kier molecular flexibility index (Phi) is 5.37. The predicted octanol–water partition coefficient (Wildman–Crippen LogP) is 3.95. The molecule has 1 unspecified atom stereocenters. The van der Waals surface area contributed by atoms with Gasteiger partial charge in [-0.2, -0.15) is 4.98 Å². The van der Waals surface area contributed by atoms with Crippen molar-refractivity contribution < 1.29 is 0 Å². The SMILES string of the molecule is CCc1ccc(N2CC(C)Cn3c2nc2c3c(=O)n(Cc3ccccc3Cl)c(=O)n2C)cc1. The molecule has 1 aliphatic rings. The highest BCUT2D eigenvalue weighted by molar-refractivity contribution is 6.31. The normalized spacial score (nSPS) is 15.8. The fraction of sp³-hybridized carbons (Fsp3) is 0.320. The number of nitrogens with zero attached hydrogens (tertiary/aromatic N) is 5. The van der Waals surface area contributed by atoms with E-state index in [0.717, 1.165) is 24.2 Å². The molecule has 0 spiro atoms. The Bertz CT molecular complexity index is 1470. The zero-order valence-corrected chi connectivity index (χ0v) is 19.7. The second-order valence-electron chi connectivity index (χ2n) is 8.75. The second-order valence-corrected chi connectivity index (χ2v) is 9.16. The van der Waals surface area contributed by atoms with Crippen molar-refractivity contribution in [3.05, 3.63) is 85.5 Å². The molecule has 5 rings (SSSR count). The second kappa shape index (κ2) is 8.23. The van der Waals surface area contributed by atoms with Crippen LogP contribution in [0.5, 0.6) is 0 Å². The highest BCUT2D eigenvalue weighted by atomic mass is 35.5. The third-order valence-electron chi connectivity index (χ3n) is 6.38. The Hall–Kier alpha value is -3.32. The zero-order chi connectivity index (χ0) is 23.3. The molecular weight excluding hydrogens is 438 g/mol. The van der Waals surface area contributed by atoms with E-state index in [1.165, 1.54) is 14.7 Å². The summed E-state index contributed by atoms with van der Waals surface area (Å²) in [5.74, 6) is 0.990. The van der Waals surface area contributed by atoms with Crippen LogP contribution in [0, 0.1) is 5.92 Å². The van der Waals surface area contributed by atoms with Gasteiger partial charge in [0.15, 0.2) is 11.2 Å². The van der Waals surface area contributed by atoms with E-state index in [0.29, 0.717) is 34.6 Å². The Morgan fingerprint density at radius 1 is 1.06 bits per heavy atom. The van der Waals surface area contributed by atoms with Crippen molar-refractivity contribution in [3.8, 4) is 0 Å². The van der Waals surface area contributed by atoms with Gasteiger partial charge >= 0.3 is 5.69 Å². The van der Waals surface area contributed by atoms with E-state index >= 15 is 0 Å². The number of hydrogen-bond donors (Lipinski definition) is 0. The van der Waals surface area contributed by atoms with Crippen molar-refractivity contribution in [1.82, 2.24) is 18.7 Å². The molecule has 3 heterocycles. The van der Waals surface area contributed by atoms with Crippen molar-refractivity contribution >= 4 is 34.4 Å². The summed E-state index contributed by atoms with van der Waals surface area (Å²) < 4.78 is 4.67. The van der Waals surface area contributed by atoms with Gasteiger partial charge in [0.25, 0.3) is 5.56 Å². The number of halogens is 1. The number of aryl methyl sites for hydroxylation is 2. The molecule has 0 N–H and O–H groups in total.